The van der Waals surface area contributed by atoms with E-state index in [1.54, 1.807) is 7.05 Å². The molecule has 0 aliphatic rings. The first kappa shape index (κ1) is 15.5. The van der Waals surface area contributed by atoms with Gasteiger partial charge in [0.25, 0.3) is 5.56 Å². The van der Waals surface area contributed by atoms with Gasteiger partial charge in [0.2, 0.25) is 0 Å². The molecule has 5 nitrogen and oxygen atoms in total. The lowest BCUT2D eigenvalue weighted by atomic mass is 9.98. The first-order valence-corrected chi connectivity index (χ1v) is 7.59. The molecule has 2 rings (SSSR count). The summed E-state index contributed by atoms with van der Waals surface area (Å²) in [5.74, 6) is 0. The van der Waals surface area contributed by atoms with E-state index in [2.05, 4.69) is 18.8 Å². The first-order chi connectivity index (χ1) is 10.0. The summed E-state index contributed by atoms with van der Waals surface area (Å²) >= 11 is 0. The van der Waals surface area contributed by atoms with E-state index in [-0.39, 0.29) is 11.2 Å². The fourth-order valence-electron chi connectivity index (χ4n) is 2.75. The minimum absolute atomic E-state index is 0.232. The Morgan fingerprint density at radius 3 is 2.38 bits per heavy atom. The molecule has 21 heavy (non-hydrogen) atoms. The van der Waals surface area contributed by atoms with Gasteiger partial charge in [-0.1, -0.05) is 26.7 Å². The molecule has 0 bridgehead atoms. The van der Waals surface area contributed by atoms with Crippen LogP contribution in [0, 0.1) is 0 Å². The Bertz CT molecular complexity index is 772. The number of pyridine rings is 1. The van der Waals surface area contributed by atoms with Crippen LogP contribution in [-0.4, -0.2) is 14.1 Å². The lowest BCUT2D eigenvalue weighted by molar-refractivity contribution is 0.702. The first-order valence-electron chi connectivity index (χ1n) is 7.59. The number of rotatable bonds is 5. The van der Waals surface area contributed by atoms with Crippen molar-refractivity contribution in [2.75, 3.05) is 0 Å². The van der Waals surface area contributed by atoms with Gasteiger partial charge in [-0.2, -0.15) is 0 Å². The third-order valence-electron chi connectivity index (χ3n) is 3.97. The molecule has 5 heteroatoms. The molecule has 0 saturated heterocycles. The highest BCUT2D eigenvalue weighted by atomic mass is 16.2. The average molecular weight is 289 g/mol. The molecule has 0 amide bonds. The van der Waals surface area contributed by atoms with Crippen LogP contribution in [0.1, 0.15) is 44.2 Å². The molecular weight excluding hydrogens is 266 g/mol. The van der Waals surface area contributed by atoms with Crippen LogP contribution in [0.25, 0.3) is 11.0 Å². The SMILES string of the molecule is CCCCc1c(CCC)cnc2c1c(=O)n(C)c(=O)n2C. The Labute approximate surface area is 124 Å². The zero-order valence-electron chi connectivity index (χ0n) is 13.3. The molecule has 2 aromatic heterocycles. The van der Waals surface area contributed by atoms with E-state index < -0.39 is 0 Å². The molecule has 0 radical (unpaired) electrons. The fourth-order valence-corrected chi connectivity index (χ4v) is 2.75. The maximum absolute atomic E-state index is 12.6. The summed E-state index contributed by atoms with van der Waals surface area (Å²) in [7, 11) is 3.19. The molecule has 0 saturated carbocycles. The molecule has 0 atom stereocenters. The van der Waals surface area contributed by atoms with Crippen LogP contribution in [0.3, 0.4) is 0 Å². The van der Waals surface area contributed by atoms with E-state index in [1.807, 2.05) is 6.20 Å². The molecule has 0 aliphatic heterocycles. The van der Waals surface area contributed by atoms with Crippen LogP contribution in [0.4, 0.5) is 0 Å². The Hall–Kier alpha value is -1.91. The number of hydrogen-bond acceptors (Lipinski definition) is 3. The lowest BCUT2D eigenvalue weighted by Gasteiger charge is -2.14. The highest BCUT2D eigenvalue weighted by molar-refractivity contribution is 5.79. The lowest BCUT2D eigenvalue weighted by Crippen LogP contribution is -2.38. The van der Waals surface area contributed by atoms with Crippen molar-refractivity contribution in [1.82, 2.24) is 14.1 Å². The van der Waals surface area contributed by atoms with E-state index >= 15 is 0 Å². The van der Waals surface area contributed by atoms with Crippen molar-refractivity contribution in [1.29, 1.82) is 0 Å². The Morgan fingerprint density at radius 1 is 1.05 bits per heavy atom. The van der Waals surface area contributed by atoms with Crippen molar-refractivity contribution in [3.8, 4) is 0 Å². The predicted molar refractivity (Wildman–Crippen MR) is 84.8 cm³/mol. The van der Waals surface area contributed by atoms with Gasteiger partial charge >= 0.3 is 5.69 Å². The standard InChI is InChI=1S/C16H23N3O2/c1-5-7-9-12-11(8-6-2)10-17-14-13(12)15(20)19(4)16(21)18(14)3/h10H,5-9H2,1-4H3. The summed E-state index contributed by atoms with van der Waals surface area (Å²) in [6.07, 6.45) is 6.71. The number of fused-ring (bicyclic) bond motifs is 1. The van der Waals surface area contributed by atoms with Crippen molar-refractivity contribution < 1.29 is 0 Å². The average Bonchev–Trinajstić information content (AvgIpc) is 2.49. The third kappa shape index (κ3) is 2.64. The highest BCUT2D eigenvalue weighted by Crippen LogP contribution is 2.20. The predicted octanol–water partition coefficient (Wildman–Crippen LogP) is 1.93. The maximum Gasteiger partial charge on any atom is 0.332 e. The van der Waals surface area contributed by atoms with E-state index in [1.165, 1.54) is 16.2 Å². The van der Waals surface area contributed by atoms with Crippen molar-refractivity contribution in [2.45, 2.75) is 46.0 Å². The molecule has 114 valence electrons. The van der Waals surface area contributed by atoms with Gasteiger partial charge in [0, 0.05) is 20.3 Å². The van der Waals surface area contributed by atoms with Crippen molar-refractivity contribution in [3.63, 3.8) is 0 Å². The molecule has 0 aromatic carbocycles. The van der Waals surface area contributed by atoms with Crippen LogP contribution in [0.5, 0.6) is 0 Å². The van der Waals surface area contributed by atoms with E-state index in [9.17, 15) is 9.59 Å². The molecule has 0 spiro atoms. The summed E-state index contributed by atoms with van der Waals surface area (Å²) in [5.41, 5.74) is 2.14. The second-order valence-electron chi connectivity index (χ2n) is 5.52. The number of unbranched alkanes of at least 4 members (excludes halogenated alkanes) is 1. The summed E-state index contributed by atoms with van der Waals surface area (Å²) < 4.78 is 2.64. The molecule has 2 aromatic rings. The second kappa shape index (κ2) is 6.24. The molecule has 0 fully saturated rings. The third-order valence-corrected chi connectivity index (χ3v) is 3.97. The van der Waals surface area contributed by atoms with Crippen molar-refractivity contribution in [2.24, 2.45) is 14.1 Å². The zero-order valence-corrected chi connectivity index (χ0v) is 13.3. The van der Waals surface area contributed by atoms with Crippen molar-refractivity contribution >= 4 is 11.0 Å². The monoisotopic (exact) mass is 289 g/mol. The summed E-state index contributed by atoms with van der Waals surface area (Å²) in [6.45, 7) is 4.25. The normalized spacial score (nSPS) is 11.2. The van der Waals surface area contributed by atoms with Gasteiger partial charge in [0.1, 0.15) is 5.65 Å². The van der Waals surface area contributed by atoms with Gasteiger partial charge in [-0.25, -0.2) is 9.78 Å². The number of nitrogens with zero attached hydrogens (tertiary/aromatic N) is 3. The summed E-state index contributed by atoms with van der Waals surface area (Å²) in [5, 5.41) is 0.610. The Balaban J connectivity index is 2.87. The van der Waals surface area contributed by atoms with E-state index in [0.717, 1.165) is 43.2 Å². The molecule has 2 heterocycles. The van der Waals surface area contributed by atoms with Gasteiger partial charge in [0.05, 0.1) is 5.39 Å². The summed E-state index contributed by atoms with van der Waals surface area (Å²) in [6, 6.07) is 0. The molecule has 0 N–H and O–H groups in total. The Kier molecular flexibility index (Phi) is 4.60. The maximum atomic E-state index is 12.6. The Morgan fingerprint density at radius 2 is 1.76 bits per heavy atom. The van der Waals surface area contributed by atoms with Crippen LogP contribution in [0.15, 0.2) is 15.8 Å². The van der Waals surface area contributed by atoms with Gasteiger partial charge in [-0.05, 0) is 30.4 Å². The fraction of sp³-hybridized carbons (Fsp3) is 0.562. The minimum Gasteiger partial charge on any atom is -0.280 e. The topological polar surface area (TPSA) is 56.9 Å². The summed E-state index contributed by atoms with van der Waals surface area (Å²) in [4.78, 5) is 29.0. The highest BCUT2D eigenvalue weighted by Gasteiger charge is 2.16. The molecule has 0 aliphatic carbocycles. The van der Waals surface area contributed by atoms with Crippen LogP contribution < -0.4 is 11.2 Å². The van der Waals surface area contributed by atoms with Crippen LogP contribution in [-0.2, 0) is 26.9 Å². The molecular formula is C16H23N3O2. The van der Waals surface area contributed by atoms with Crippen LogP contribution in [0.2, 0.25) is 0 Å². The number of hydrogen-bond donors (Lipinski definition) is 0. The van der Waals surface area contributed by atoms with Crippen LogP contribution >= 0.6 is 0 Å². The van der Waals surface area contributed by atoms with Gasteiger partial charge < -0.3 is 0 Å². The van der Waals surface area contributed by atoms with Gasteiger partial charge in [0.15, 0.2) is 0 Å². The zero-order chi connectivity index (χ0) is 15.6. The number of aryl methyl sites for hydroxylation is 3. The second-order valence-corrected chi connectivity index (χ2v) is 5.52. The molecule has 0 unspecified atom stereocenters. The van der Waals surface area contributed by atoms with E-state index in [0.29, 0.717) is 11.0 Å². The largest absolute Gasteiger partial charge is 0.332 e. The van der Waals surface area contributed by atoms with E-state index in [4.69, 9.17) is 0 Å². The minimum atomic E-state index is -0.329. The smallest absolute Gasteiger partial charge is 0.280 e. The van der Waals surface area contributed by atoms with Crippen molar-refractivity contribution in [3.05, 3.63) is 38.2 Å². The number of aromatic nitrogens is 3. The van der Waals surface area contributed by atoms with Gasteiger partial charge in [-0.15, -0.1) is 0 Å². The van der Waals surface area contributed by atoms with Gasteiger partial charge in [-0.3, -0.25) is 13.9 Å². The quantitative estimate of drug-likeness (QED) is 0.845.